The maximum atomic E-state index is 12.1. The molecule has 0 atom stereocenters. The first-order valence-corrected chi connectivity index (χ1v) is 5.59. The van der Waals surface area contributed by atoms with Crippen LogP contribution >= 0.6 is 0 Å². The Morgan fingerprint density at radius 1 is 1.31 bits per heavy atom. The summed E-state index contributed by atoms with van der Waals surface area (Å²) in [5.41, 5.74) is 1.59. The lowest BCUT2D eigenvalue weighted by atomic mass is 9.97. The molecule has 0 radical (unpaired) electrons. The molecule has 1 fully saturated rings. The molecule has 0 aliphatic heterocycles. The summed E-state index contributed by atoms with van der Waals surface area (Å²) in [7, 11) is 0. The standard InChI is InChI=1S/C14H13NO/c1-14(6-7-14)13(16)11-8-10-4-2-3-5-12(10)15-9-11/h2-5,8-9H,6-7H2,1H3. The van der Waals surface area contributed by atoms with Crippen molar-refractivity contribution in [1.29, 1.82) is 0 Å². The molecule has 1 aliphatic carbocycles. The highest BCUT2D eigenvalue weighted by Gasteiger charge is 2.45. The predicted octanol–water partition coefficient (Wildman–Crippen LogP) is 3.22. The van der Waals surface area contributed by atoms with Gasteiger partial charge in [-0.3, -0.25) is 9.78 Å². The van der Waals surface area contributed by atoms with Crippen molar-refractivity contribution in [3.05, 3.63) is 42.1 Å². The second kappa shape index (κ2) is 3.14. The first kappa shape index (κ1) is 9.52. The van der Waals surface area contributed by atoms with E-state index in [4.69, 9.17) is 0 Å². The van der Waals surface area contributed by atoms with Gasteiger partial charge in [0.15, 0.2) is 5.78 Å². The van der Waals surface area contributed by atoms with Crippen molar-refractivity contribution >= 4 is 16.7 Å². The van der Waals surface area contributed by atoms with Gasteiger partial charge in [-0.25, -0.2) is 0 Å². The van der Waals surface area contributed by atoms with Gasteiger partial charge in [-0.15, -0.1) is 0 Å². The Kier molecular flexibility index (Phi) is 1.87. The van der Waals surface area contributed by atoms with E-state index < -0.39 is 0 Å². The molecule has 2 nitrogen and oxygen atoms in total. The van der Waals surface area contributed by atoms with Crippen LogP contribution in [0.3, 0.4) is 0 Å². The largest absolute Gasteiger partial charge is 0.294 e. The Labute approximate surface area is 94.3 Å². The van der Waals surface area contributed by atoms with Gasteiger partial charge in [0.05, 0.1) is 5.52 Å². The topological polar surface area (TPSA) is 30.0 Å². The van der Waals surface area contributed by atoms with Crippen LogP contribution in [0.5, 0.6) is 0 Å². The number of carbonyl (C=O) groups excluding carboxylic acids is 1. The zero-order chi connectivity index (χ0) is 11.2. The van der Waals surface area contributed by atoms with Gasteiger partial charge < -0.3 is 0 Å². The highest BCUT2D eigenvalue weighted by atomic mass is 16.1. The van der Waals surface area contributed by atoms with Gasteiger partial charge in [-0.2, -0.15) is 0 Å². The molecule has 0 saturated heterocycles. The lowest BCUT2D eigenvalue weighted by molar-refractivity contribution is 0.0912. The number of pyridine rings is 1. The number of hydrogen-bond acceptors (Lipinski definition) is 2. The lowest BCUT2D eigenvalue weighted by Crippen LogP contribution is -2.12. The van der Waals surface area contributed by atoms with Gasteiger partial charge >= 0.3 is 0 Å². The van der Waals surface area contributed by atoms with Crippen molar-refractivity contribution < 1.29 is 4.79 Å². The monoisotopic (exact) mass is 211 g/mol. The van der Waals surface area contributed by atoms with E-state index in [2.05, 4.69) is 4.98 Å². The fraction of sp³-hybridized carbons (Fsp3) is 0.286. The summed E-state index contributed by atoms with van der Waals surface area (Å²) in [4.78, 5) is 16.5. The van der Waals surface area contributed by atoms with Crippen molar-refractivity contribution in [3.8, 4) is 0 Å². The van der Waals surface area contributed by atoms with Gasteiger partial charge in [0.1, 0.15) is 0 Å². The Hall–Kier alpha value is -1.70. The van der Waals surface area contributed by atoms with Crippen molar-refractivity contribution in [2.24, 2.45) is 5.41 Å². The number of carbonyl (C=O) groups is 1. The summed E-state index contributed by atoms with van der Waals surface area (Å²) in [6.07, 6.45) is 3.73. The second-order valence-corrected chi connectivity index (χ2v) is 4.81. The van der Waals surface area contributed by atoms with E-state index in [0.29, 0.717) is 0 Å². The Bertz CT molecular complexity index is 570. The van der Waals surface area contributed by atoms with E-state index in [1.54, 1.807) is 6.20 Å². The fourth-order valence-electron chi connectivity index (χ4n) is 1.96. The Morgan fingerprint density at radius 3 is 2.81 bits per heavy atom. The van der Waals surface area contributed by atoms with Gasteiger partial charge in [0.2, 0.25) is 0 Å². The molecule has 16 heavy (non-hydrogen) atoms. The van der Waals surface area contributed by atoms with Crippen molar-refractivity contribution in [3.63, 3.8) is 0 Å². The van der Waals surface area contributed by atoms with Crippen LogP contribution in [0.1, 0.15) is 30.1 Å². The number of ketones is 1. The van der Waals surface area contributed by atoms with Crippen LogP contribution < -0.4 is 0 Å². The maximum Gasteiger partial charge on any atom is 0.170 e. The molecule has 1 heterocycles. The van der Waals surface area contributed by atoms with Gasteiger partial charge in [0, 0.05) is 22.6 Å². The minimum absolute atomic E-state index is 0.107. The minimum Gasteiger partial charge on any atom is -0.294 e. The van der Waals surface area contributed by atoms with Gasteiger partial charge in [0.25, 0.3) is 0 Å². The summed E-state index contributed by atoms with van der Waals surface area (Å²) in [5, 5.41) is 1.04. The second-order valence-electron chi connectivity index (χ2n) is 4.81. The molecular formula is C14H13NO. The molecule has 1 aromatic carbocycles. The third-order valence-corrected chi connectivity index (χ3v) is 3.40. The Morgan fingerprint density at radius 2 is 2.06 bits per heavy atom. The SMILES string of the molecule is CC1(C(=O)c2cnc3ccccc3c2)CC1. The number of aromatic nitrogens is 1. The van der Waals surface area contributed by atoms with Crippen molar-refractivity contribution in [2.75, 3.05) is 0 Å². The van der Waals surface area contributed by atoms with Crippen LogP contribution in [0.4, 0.5) is 0 Å². The van der Waals surface area contributed by atoms with Crippen molar-refractivity contribution in [1.82, 2.24) is 4.98 Å². The van der Waals surface area contributed by atoms with E-state index in [9.17, 15) is 4.79 Å². The third-order valence-electron chi connectivity index (χ3n) is 3.40. The first-order valence-electron chi connectivity index (χ1n) is 5.59. The van der Waals surface area contributed by atoms with Gasteiger partial charge in [-0.05, 0) is 25.0 Å². The predicted molar refractivity (Wildman–Crippen MR) is 63.4 cm³/mol. The van der Waals surface area contributed by atoms with Crippen LogP contribution in [0.25, 0.3) is 10.9 Å². The first-order chi connectivity index (χ1) is 7.69. The van der Waals surface area contributed by atoms with Crippen LogP contribution in [0.15, 0.2) is 36.5 Å². The van der Waals surface area contributed by atoms with E-state index in [1.165, 1.54) is 0 Å². The number of fused-ring (bicyclic) bond motifs is 1. The summed E-state index contributed by atoms with van der Waals surface area (Å²) in [6.45, 7) is 2.03. The average Bonchev–Trinajstić information content (AvgIpc) is 3.07. The fourth-order valence-corrected chi connectivity index (χ4v) is 1.96. The molecule has 1 saturated carbocycles. The highest BCUT2D eigenvalue weighted by molar-refractivity contribution is 6.03. The Balaban J connectivity index is 2.08. The molecular weight excluding hydrogens is 198 g/mol. The summed E-state index contributed by atoms with van der Waals surface area (Å²) >= 11 is 0. The number of benzene rings is 1. The zero-order valence-electron chi connectivity index (χ0n) is 9.23. The minimum atomic E-state index is -0.107. The van der Waals surface area contributed by atoms with E-state index in [0.717, 1.165) is 29.3 Å². The molecule has 80 valence electrons. The van der Waals surface area contributed by atoms with E-state index in [-0.39, 0.29) is 11.2 Å². The molecule has 0 spiro atoms. The summed E-state index contributed by atoms with van der Waals surface area (Å²) in [6, 6.07) is 9.83. The molecule has 2 aromatic rings. The van der Waals surface area contributed by atoms with Crippen LogP contribution in [0, 0.1) is 5.41 Å². The molecule has 0 bridgehead atoms. The quantitative estimate of drug-likeness (QED) is 0.714. The van der Waals surface area contributed by atoms with Crippen LogP contribution in [0.2, 0.25) is 0 Å². The number of nitrogens with zero attached hydrogens (tertiary/aromatic N) is 1. The molecule has 1 aromatic heterocycles. The maximum absolute atomic E-state index is 12.1. The number of Topliss-reactive ketones (excluding diaryl/α,β-unsaturated/α-hetero) is 1. The molecule has 1 aliphatic rings. The molecule has 0 amide bonds. The third kappa shape index (κ3) is 1.42. The summed E-state index contributed by atoms with van der Waals surface area (Å²) in [5.74, 6) is 0.241. The van der Waals surface area contributed by atoms with E-state index >= 15 is 0 Å². The number of hydrogen-bond donors (Lipinski definition) is 0. The average molecular weight is 211 g/mol. The van der Waals surface area contributed by atoms with Crippen LogP contribution in [-0.2, 0) is 0 Å². The number of para-hydroxylation sites is 1. The lowest BCUT2D eigenvalue weighted by Gasteiger charge is -2.07. The molecule has 0 unspecified atom stereocenters. The zero-order valence-corrected chi connectivity index (χ0v) is 9.23. The molecule has 3 rings (SSSR count). The van der Waals surface area contributed by atoms with Crippen molar-refractivity contribution in [2.45, 2.75) is 19.8 Å². The van der Waals surface area contributed by atoms with Gasteiger partial charge in [-0.1, -0.05) is 25.1 Å². The van der Waals surface area contributed by atoms with E-state index in [1.807, 2.05) is 37.3 Å². The van der Waals surface area contributed by atoms with Crippen LogP contribution in [-0.4, -0.2) is 10.8 Å². The summed E-state index contributed by atoms with van der Waals surface area (Å²) < 4.78 is 0. The normalized spacial score (nSPS) is 17.3. The molecule has 2 heteroatoms. The number of rotatable bonds is 2. The smallest absolute Gasteiger partial charge is 0.170 e. The molecule has 0 N–H and O–H groups in total. The highest BCUT2D eigenvalue weighted by Crippen LogP contribution is 2.47.